The summed E-state index contributed by atoms with van der Waals surface area (Å²) in [6.07, 6.45) is 0. The van der Waals surface area contributed by atoms with Crippen LogP contribution in [-0.2, 0) is 0 Å². The van der Waals surface area contributed by atoms with Crippen molar-refractivity contribution in [3.63, 3.8) is 0 Å². The number of hydrogen-bond acceptors (Lipinski definition) is 1. The topological polar surface area (TPSA) is 9.23 Å². The van der Waals surface area contributed by atoms with Gasteiger partial charge in [-0.3, -0.25) is 0 Å². The molecule has 1 aliphatic heterocycles. The molecule has 0 unspecified atom stereocenters. The molecule has 3 heteroatoms. The van der Waals surface area contributed by atoms with E-state index in [1.165, 1.54) is 11.1 Å². The van der Waals surface area contributed by atoms with Gasteiger partial charge in [0.2, 0.25) is 7.49 Å². The van der Waals surface area contributed by atoms with E-state index in [9.17, 15) is 0 Å². The van der Waals surface area contributed by atoms with E-state index in [0.717, 1.165) is 16.3 Å². The van der Waals surface area contributed by atoms with Crippen molar-refractivity contribution in [2.24, 2.45) is 0 Å². The quantitative estimate of drug-likeness (QED) is 0.646. The normalized spacial score (nSPS) is 16.3. The molecule has 2 aromatic rings. The van der Waals surface area contributed by atoms with Gasteiger partial charge in [0.15, 0.2) is 5.75 Å². The highest BCUT2D eigenvalue weighted by atomic mass is 35.5. The number of rotatable bonds is 1. The minimum Gasteiger partial charge on any atom is -0.346 e. The summed E-state index contributed by atoms with van der Waals surface area (Å²) in [5, 5.41) is 0.738. The van der Waals surface area contributed by atoms with Crippen LogP contribution in [0.15, 0.2) is 54.3 Å². The van der Waals surface area contributed by atoms with Gasteiger partial charge in [-0.05, 0) is 23.8 Å². The van der Waals surface area contributed by atoms with Crippen LogP contribution in [0.1, 0.15) is 11.1 Å². The number of halogens is 1. The van der Waals surface area contributed by atoms with E-state index >= 15 is 0 Å². The van der Waals surface area contributed by atoms with Crippen molar-refractivity contribution >= 4 is 24.7 Å². The highest BCUT2D eigenvalue weighted by molar-refractivity contribution is 7.73. The Labute approximate surface area is 119 Å². The zero-order valence-electron chi connectivity index (χ0n) is 10.9. The summed E-state index contributed by atoms with van der Waals surface area (Å²) < 4.78 is 6.10. The maximum absolute atomic E-state index is 6.13. The lowest BCUT2D eigenvalue weighted by Crippen LogP contribution is -2.05. The predicted octanol–water partition coefficient (Wildman–Crippen LogP) is 5.31. The molecule has 0 bridgehead atoms. The van der Waals surface area contributed by atoms with E-state index in [1.807, 2.05) is 24.3 Å². The highest BCUT2D eigenvalue weighted by Crippen LogP contribution is 2.60. The molecule has 2 aromatic carbocycles. The Hall–Kier alpha value is -1.30. The molecule has 0 aliphatic carbocycles. The summed E-state index contributed by atoms with van der Waals surface area (Å²) in [7, 11) is -1.51. The first-order valence-electron chi connectivity index (χ1n) is 6.17. The largest absolute Gasteiger partial charge is 0.346 e. The van der Waals surface area contributed by atoms with Crippen LogP contribution in [0.5, 0.6) is 5.75 Å². The van der Waals surface area contributed by atoms with Crippen molar-refractivity contribution in [3.8, 4) is 5.75 Å². The minimum atomic E-state index is -1.51. The lowest BCUT2D eigenvalue weighted by atomic mass is 9.99. The summed E-state index contributed by atoms with van der Waals surface area (Å²) >= 11 is 6.13. The Morgan fingerprint density at radius 2 is 1.74 bits per heavy atom. The summed E-state index contributed by atoms with van der Waals surface area (Å²) in [5.41, 5.74) is 3.52. The Morgan fingerprint density at radius 3 is 2.47 bits per heavy atom. The van der Waals surface area contributed by atoms with Crippen molar-refractivity contribution < 1.29 is 4.52 Å². The summed E-state index contributed by atoms with van der Waals surface area (Å²) in [4.78, 5) is 0. The average Bonchev–Trinajstić information content (AvgIpc) is 2.39. The van der Waals surface area contributed by atoms with Crippen LogP contribution >= 0.6 is 19.1 Å². The van der Waals surface area contributed by atoms with Crippen molar-refractivity contribution in [1.82, 2.24) is 0 Å². The summed E-state index contributed by atoms with van der Waals surface area (Å²) in [6, 6.07) is 16.2. The van der Waals surface area contributed by atoms with E-state index in [0.29, 0.717) is 0 Å². The summed E-state index contributed by atoms with van der Waals surface area (Å²) in [5.74, 6) is 3.20. The van der Waals surface area contributed by atoms with Gasteiger partial charge in [0, 0.05) is 16.2 Å². The van der Waals surface area contributed by atoms with Crippen LogP contribution in [0.4, 0.5) is 0 Å². The molecule has 0 radical (unpaired) electrons. The second kappa shape index (κ2) is 4.67. The molecule has 3 rings (SSSR count). The van der Waals surface area contributed by atoms with Gasteiger partial charge in [-0.1, -0.05) is 41.9 Å². The van der Waals surface area contributed by atoms with E-state index in [4.69, 9.17) is 16.1 Å². The van der Waals surface area contributed by atoms with Gasteiger partial charge in [-0.25, -0.2) is 0 Å². The van der Waals surface area contributed by atoms with Crippen LogP contribution in [0.25, 0.3) is 5.57 Å². The van der Waals surface area contributed by atoms with Gasteiger partial charge in [0.1, 0.15) is 5.82 Å². The van der Waals surface area contributed by atoms with Crippen LogP contribution in [0, 0.1) is 0 Å². The van der Waals surface area contributed by atoms with Crippen molar-refractivity contribution in [2.45, 2.75) is 0 Å². The van der Waals surface area contributed by atoms with Gasteiger partial charge < -0.3 is 4.52 Å². The molecule has 0 aromatic heterocycles. The predicted molar refractivity (Wildman–Crippen MR) is 84.4 cm³/mol. The molecule has 0 spiro atoms. The monoisotopic (exact) mass is 289 g/mol. The Morgan fingerprint density at radius 1 is 1.00 bits per heavy atom. The third-order valence-electron chi connectivity index (χ3n) is 3.09. The number of fused-ring (bicyclic) bond motifs is 1. The van der Waals surface area contributed by atoms with E-state index in [-0.39, 0.29) is 0 Å². The molecule has 19 heavy (non-hydrogen) atoms. The molecule has 1 aliphatic rings. The van der Waals surface area contributed by atoms with Crippen LogP contribution in [0.3, 0.4) is 0 Å². The molecule has 0 N–H and O–H groups in total. The first kappa shape index (κ1) is 12.7. The number of benzene rings is 2. The third-order valence-corrected chi connectivity index (χ3v) is 4.87. The van der Waals surface area contributed by atoms with Crippen molar-refractivity contribution in [2.75, 3.05) is 13.3 Å². The van der Waals surface area contributed by atoms with Crippen molar-refractivity contribution in [1.29, 1.82) is 0 Å². The molecule has 0 atom stereocenters. The maximum atomic E-state index is 6.13. The smallest absolute Gasteiger partial charge is 0.210 e. The van der Waals surface area contributed by atoms with Gasteiger partial charge in [0.25, 0.3) is 0 Å². The Kier molecular flexibility index (Phi) is 3.12. The fourth-order valence-electron chi connectivity index (χ4n) is 2.30. The third kappa shape index (κ3) is 2.54. The molecule has 1 heterocycles. The SMILES string of the molecule is C[P+]1(C)C=C(c2ccccc2)c2cc(Cl)ccc2O1. The first-order chi connectivity index (χ1) is 9.05. The molecule has 96 valence electrons. The summed E-state index contributed by atoms with van der Waals surface area (Å²) in [6.45, 7) is 4.35. The van der Waals surface area contributed by atoms with Gasteiger partial charge in [-0.2, -0.15) is 0 Å². The molecule has 0 fully saturated rings. The molecule has 0 saturated carbocycles. The van der Waals surface area contributed by atoms with Gasteiger partial charge in [0.05, 0.1) is 13.3 Å². The molecule has 0 amide bonds. The van der Waals surface area contributed by atoms with Crippen molar-refractivity contribution in [3.05, 3.63) is 70.5 Å². The standard InChI is InChI=1S/C16H15ClOP/c1-19(2)11-15(12-6-4-3-5-7-12)14-10-13(17)8-9-16(14)18-19/h3-11H,1-2H3/q+1. The fraction of sp³-hybridized carbons (Fsp3) is 0.125. The average molecular weight is 290 g/mol. The highest BCUT2D eigenvalue weighted by Gasteiger charge is 2.34. The van der Waals surface area contributed by atoms with Crippen LogP contribution in [0.2, 0.25) is 5.02 Å². The zero-order chi connectivity index (χ0) is 13.5. The second-order valence-corrected chi connectivity index (χ2v) is 8.82. The van der Waals surface area contributed by atoms with Gasteiger partial charge >= 0.3 is 0 Å². The van der Waals surface area contributed by atoms with Crippen LogP contribution in [-0.4, -0.2) is 13.3 Å². The van der Waals surface area contributed by atoms with E-state index in [1.54, 1.807) is 0 Å². The lowest BCUT2D eigenvalue weighted by molar-refractivity contribution is 0.607. The first-order valence-corrected chi connectivity index (χ1v) is 9.21. The van der Waals surface area contributed by atoms with Crippen LogP contribution < -0.4 is 4.52 Å². The molecular weight excluding hydrogens is 275 g/mol. The molecular formula is C16H15ClOP+. The molecule has 1 nitrogen and oxygen atoms in total. The van der Waals surface area contributed by atoms with E-state index < -0.39 is 7.49 Å². The Balaban J connectivity index is 2.21. The lowest BCUT2D eigenvalue weighted by Gasteiger charge is -2.24. The zero-order valence-corrected chi connectivity index (χ0v) is 12.6. The fourth-order valence-corrected chi connectivity index (χ4v) is 4.10. The van der Waals surface area contributed by atoms with E-state index in [2.05, 4.69) is 43.4 Å². The molecule has 0 saturated heterocycles. The maximum Gasteiger partial charge on any atom is 0.210 e. The minimum absolute atomic E-state index is 0.738. The Bertz CT molecular complexity index is 647. The second-order valence-electron chi connectivity index (χ2n) is 5.07. The number of hydrogen-bond donors (Lipinski definition) is 0. The van der Waals surface area contributed by atoms with Gasteiger partial charge in [-0.15, -0.1) is 0 Å².